The maximum atomic E-state index is 12.0. The molecule has 2 aliphatic rings. The average molecular weight is 282 g/mol. The summed E-state index contributed by atoms with van der Waals surface area (Å²) in [7, 11) is 0. The van der Waals surface area contributed by atoms with Gasteiger partial charge in [0.05, 0.1) is 12.0 Å². The number of amides is 1. The number of likely N-dealkylation sites (tertiary alicyclic amines) is 1. The molecule has 4 heteroatoms. The van der Waals surface area contributed by atoms with Gasteiger partial charge in [-0.05, 0) is 39.2 Å². The summed E-state index contributed by atoms with van der Waals surface area (Å²) in [6, 6.07) is 0.642. The van der Waals surface area contributed by atoms with Crippen molar-refractivity contribution in [1.82, 2.24) is 10.2 Å². The highest BCUT2D eigenvalue weighted by atomic mass is 16.3. The van der Waals surface area contributed by atoms with E-state index in [1.54, 1.807) is 0 Å². The van der Waals surface area contributed by atoms with Crippen LogP contribution in [0.3, 0.4) is 0 Å². The summed E-state index contributed by atoms with van der Waals surface area (Å²) in [6.07, 6.45) is 9.01. The van der Waals surface area contributed by atoms with E-state index >= 15 is 0 Å². The Labute approximate surface area is 122 Å². The van der Waals surface area contributed by atoms with Crippen LogP contribution in [0.15, 0.2) is 0 Å². The topological polar surface area (TPSA) is 52.6 Å². The van der Waals surface area contributed by atoms with E-state index in [0.29, 0.717) is 12.6 Å². The second-order valence-corrected chi connectivity index (χ2v) is 6.69. The van der Waals surface area contributed by atoms with E-state index in [1.165, 1.54) is 25.7 Å². The Bertz CT molecular complexity index is 314. The summed E-state index contributed by atoms with van der Waals surface area (Å²) < 4.78 is 0. The number of rotatable bonds is 5. The summed E-state index contributed by atoms with van der Waals surface area (Å²) in [6.45, 7) is 5.07. The first-order valence-corrected chi connectivity index (χ1v) is 8.32. The lowest BCUT2D eigenvalue weighted by Crippen LogP contribution is -2.44. The molecule has 0 radical (unpaired) electrons. The Balaban J connectivity index is 1.64. The van der Waals surface area contributed by atoms with Crippen LogP contribution >= 0.6 is 0 Å². The van der Waals surface area contributed by atoms with Gasteiger partial charge in [0.2, 0.25) is 5.91 Å². The first-order valence-electron chi connectivity index (χ1n) is 8.32. The van der Waals surface area contributed by atoms with Gasteiger partial charge in [0, 0.05) is 19.1 Å². The molecule has 1 heterocycles. The number of hydrogen-bond acceptors (Lipinski definition) is 3. The lowest BCUT2D eigenvalue weighted by molar-refractivity contribution is -0.127. The predicted molar refractivity (Wildman–Crippen MR) is 80.5 cm³/mol. The van der Waals surface area contributed by atoms with Crippen LogP contribution in [0.25, 0.3) is 0 Å². The fraction of sp³-hybridized carbons (Fsp3) is 0.938. The largest absolute Gasteiger partial charge is 0.389 e. The molecule has 1 amide bonds. The van der Waals surface area contributed by atoms with Gasteiger partial charge in [-0.15, -0.1) is 0 Å². The van der Waals surface area contributed by atoms with Gasteiger partial charge >= 0.3 is 0 Å². The molecular formula is C16H30N2O2. The summed E-state index contributed by atoms with van der Waals surface area (Å²) in [5.41, 5.74) is -0.735. The number of carbonyl (C=O) groups is 1. The van der Waals surface area contributed by atoms with Crippen LogP contribution in [-0.4, -0.2) is 47.2 Å². The predicted octanol–water partition coefficient (Wildman–Crippen LogP) is 2.06. The molecule has 1 unspecified atom stereocenters. The molecule has 0 aromatic heterocycles. The summed E-state index contributed by atoms with van der Waals surface area (Å²) in [4.78, 5) is 14.4. The van der Waals surface area contributed by atoms with E-state index in [9.17, 15) is 9.90 Å². The van der Waals surface area contributed by atoms with Crippen LogP contribution in [0.4, 0.5) is 0 Å². The standard InChI is InChI=1S/C16H30N2O2/c1-14-7-3-6-11-18(14)12-10-17-15(19)13-16(20)8-4-2-5-9-16/h14,20H,2-13H2,1H3,(H,17,19). The van der Waals surface area contributed by atoms with Crippen molar-refractivity contribution < 1.29 is 9.90 Å². The second kappa shape index (κ2) is 7.41. The van der Waals surface area contributed by atoms with Crippen molar-refractivity contribution in [3.8, 4) is 0 Å². The maximum absolute atomic E-state index is 12.0. The number of piperidine rings is 1. The van der Waals surface area contributed by atoms with Crippen molar-refractivity contribution in [3.63, 3.8) is 0 Å². The summed E-state index contributed by atoms with van der Waals surface area (Å²) in [5.74, 6) is 0.0130. The molecule has 1 saturated carbocycles. The van der Waals surface area contributed by atoms with Crippen molar-refractivity contribution in [3.05, 3.63) is 0 Å². The van der Waals surface area contributed by atoms with Crippen molar-refractivity contribution in [2.75, 3.05) is 19.6 Å². The van der Waals surface area contributed by atoms with Crippen LogP contribution in [0, 0.1) is 0 Å². The first kappa shape index (κ1) is 15.8. The number of hydrogen-bond donors (Lipinski definition) is 2. The third kappa shape index (κ3) is 4.74. The van der Waals surface area contributed by atoms with Gasteiger partial charge in [0.25, 0.3) is 0 Å². The van der Waals surface area contributed by atoms with Gasteiger partial charge in [-0.25, -0.2) is 0 Å². The zero-order valence-corrected chi connectivity index (χ0v) is 12.9. The van der Waals surface area contributed by atoms with E-state index in [2.05, 4.69) is 17.1 Å². The summed E-state index contributed by atoms with van der Waals surface area (Å²) >= 11 is 0. The maximum Gasteiger partial charge on any atom is 0.222 e. The van der Waals surface area contributed by atoms with Crippen LogP contribution in [0.5, 0.6) is 0 Å². The number of aliphatic hydroxyl groups is 1. The van der Waals surface area contributed by atoms with E-state index in [4.69, 9.17) is 0 Å². The van der Waals surface area contributed by atoms with E-state index in [0.717, 1.165) is 38.8 Å². The highest BCUT2D eigenvalue weighted by molar-refractivity contribution is 5.77. The van der Waals surface area contributed by atoms with Crippen LogP contribution in [0.1, 0.15) is 64.7 Å². The second-order valence-electron chi connectivity index (χ2n) is 6.69. The van der Waals surface area contributed by atoms with Gasteiger partial charge in [0.1, 0.15) is 0 Å². The van der Waals surface area contributed by atoms with Gasteiger partial charge in [0.15, 0.2) is 0 Å². The van der Waals surface area contributed by atoms with E-state index in [1.807, 2.05) is 0 Å². The molecular weight excluding hydrogens is 252 g/mol. The fourth-order valence-electron chi connectivity index (χ4n) is 3.58. The smallest absolute Gasteiger partial charge is 0.222 e. The monoisotopic (exact) mass is 282 g/mol. The quantitative estimate of drug-likeness (QED) is 0.811. The van der Waals surface area contributed by atoms with Crippen LogP contribution in [0.2, 0.25) is 0 Å². The zero-order chi connectivity index (χ0) is 14.4. The number of carbonyl (C=O) groups excluding carboxylic acids is 1. The third-order valence-electron chi connectivity index (χ3n) is 4.94. The lowest BCUT2D eigenvalue weighted by Gasteiger charge is -2.34. The molecule has 0 spiro atoms. The van der Waals surface area contributed by atoms with Gasteiger partial charge in [-0.1, -0.05) is 25.7 Å². The molecule has 1 aliphatic carbocycles. The SMILES string of the molecule is CC1CCCCN1CCNC(=O)CC1(O)CCCCC1. The Morgan fingerprint density at radius 3 is 2.70 bits per heavy atom. The summed E-state index contributed by atoms with van der Waals surface area (Å²) in [5, 5.41) is 13.3. The van der Waals surface area contributed by atoms with Crippen LogP contribution < -0.4 is 5.32 Å². The zero-order valence-electron chi connectivity index (χ0n) is 12.9. The molecule has 2 fully saturated rings. The van der Waals surface area contributed by atoms with E-state index in [-0.39, 0.29) is 12.3 Å². The average Bonchev–Trinajstić information content (AvgIpc) is 2.41. The Morgan fingerprint density at radius 2 is 2.00 bits per heavy atom. The van der Waals surface area contributed by atoms with Gasteiger partial charge in [-0.2, -0.15) is 0 Å². The number of nitrogens with one attached hydrogen (secondary N) is 1. The molecule has 0 aromatic rings. The molecule has 1 aliphatic heterocycles. The van der Waals surface area contributed by atoms with Crippen molar-refractivity contribution in [2.24, 2.45) is 0 Å². The van der Waals surface area contributed by atoms with Gasteiger partial charge in [-0.3, -0.25) is 9.69 Å². The molecule has 2 rings (SSSR count). The highest BCUT2D eigenvalue weighted by Gasteiger charge is 2.31. The minimum Gasteiger partial charge on any atom is -0.389 e. The minimum absolute atomic E-state index is 0.0130. The molecule has 20 heavy (non-hydrogen) atoms. The van der Waals surface area contributed by atoms with Crippen molar-refractivity contribution >= 4 is 5.91 Å². The first-order chi connectivity index (χ1) is 9.59. The Kier molecular flexibility index (Phi) is 5.85. The van der Waals surface area contributed by atoms with E-state index < -0.39 is 5.60 Å². The van der Waals surface area contributed by atoms with Crippen molar-refractivity contribution in [1.29, 1.82) is 0 Å². The lowest BCUT2D eigenvalue weighted by atomic mass is 9.82. The van der Waals surface area contributed by atoms with Crippen molar-refractivity contribution in [2.45, 2.75) is 76.4 Å². The van der Waals surface area contributed by atoms with Crippen LogP contribution in [-0.2, 0) is 4.79 Å². The fourth-order valence-corrected chi connectivity index (χ4v) is 3.58. The normalized spacial score (nSPS) is 27.2. The minimum atomic E-state index is -0.735. The number of nitrogens with zero attached hydrogens (tertiary/aromatic N) is 1. The molecule has 4 nitrogen and oxygen atoms in total. The molecule has 0 aromatic carbocycles. The molecule has 1 saturated heterocycles. The van der Waals surface area contributed by atoms with Gasteiger partial charge < -0.3 is 10.4 Å². The molecule has 116 valence electrons. The molecule has 1 atom stereocenters. The third-order valence-corrected chi connectivity index (χ3v) is 4.94. The molecule has 0 bridgehead atoms. The Morgan fingerprint density at radius 1 is 1.25 bits per heavy atom. The highest BCUT2D eigenvalue weighted by Crippen LogP contribution is 2.30. The Hall–Kier alpha value is -0.610. The molecule has 2 N–H and O–H groups in total.